The number of rotatable bonds is 2. The zero-order valence-electron chi connectivity index (χ0n) is 7.45. The van der Waals surface area contributed by atoms with Crippen LogP contribution in [-0.2, 0) is 4.79 Å². The van der Waals surface area contributed by atoms with Gasteiger partial charge in [-0.1, -0.05) is 12.8 Å². The van der Waals surface area contributed by atoms with Crippen LogP contribution in [0.15, 0.2) is 0 Å². The van der Waals surface area contributed by atoms with Crippen LogP contribution < -0.4 is 5.73 Å². The maximum Gasteiger partial charge on any atom is 0.236 e. The Labute approximate surface area is 79.7 Å². The fourth-order valence-electron chi connectivity index (χ4n) is 1.64. The van der Waals surface area contributed by atoms with E-state index in [9.17, 15) is 4.79 Å². The normalized spacial score (nSPS) is 17.2. The summed E-state index contributed by atoms with van der Waals surface area (Å²) in [5.74, 6) is 0.0666. The second kappa shape index (κ2) is 5.38. The number of nitrogens with two attached hydrogens (primary N) is 1. The van der Waals surface area contributed by atoms with Crippen molar-refractivity contribution < 1.29 is 4.79 Å². The van der Waals surface area contributed by atoms with E-state index in [0.29, 0.717) is 6.04 Å². The van der Waals surface area contributed by atoms with Crippen molar-refractivity contribution in [2.45, 2.75) is 31.7 Å². The Hall–Kier alpha value is -0.280. The second-order valence-corrected chi connectivity index (χ2v) is 3.15. The van der Waals surface area contributed by atoms with Crippen molar-refractivity contribution in [2.24, 2.45) is 5.73 Å². The average Bonchev–Trinajstić information content (AvgIpc) is 2.53. The van der Waals surface area contributed by atoms with Gasteiger partial charge in [-0.15, -0.1) is 12.4 Å². The molecule has 0 unspecified atom stereocenters. The van der Waals surface area contributed by atoms with E-state index in [-0.39, 0.29) is 24.9 Å². The van der Waals surface area contributed by atoms with E-state index in [1.807, 2.05) is 7.05 Å². The van der Waals surface area contributed by atoms with Gasteiger partial charge >= 0.3 is 0 Å². The van der Waals surface area contributed by atoms with Crippen LogP contribution in [0.5, 0.6) is 0 Å². The topological polar surface area (TPSA) is 46.3 Å². The maximum absolute atomic E-state index is 11.1. The van der Waals surface area contributed by atoms with E-state index >= 15 is 0 Å². The molecule has 0 aromatic rings. The quantitative estimate of drug-likeness (QED) is 0.703. The van der Waals surface area contributed by atoms with Gasteiger partial charge in [0.25, 0.3) is 0 Å². The zero-order chi connectivity index (χ0) is 8.27. The van der Waals surface area contributed by atoms with E-state index < -0.39 is 0 Å². The molecule has 0 aromatic heterocycles. The molecule has 0 atom stereocenters. The molecule has 0 aromatic carbocycles. The van der Waals surface area contributed by atoms with E-state index in [4.69, 9.17) is 5.73 Å². The number of likely N-dealkylation sites (N-methyl/N-ethyl adjacent to an activating group) is 1. The van der Waals surface area contributed by atoms with Crippen LogP contribution in [0.3, 0.4) is 0 Å². The second-order valence-electron chi connectivity index (χ2n) is 3.15. The summed E-state index contributed by atoms with van der Waals surface area (Å²) in [5.41, 5.74) is 5.25. The molecule has 72 valence electrons. The number of nitrogens with zero attached hydrogens (tertiary/aromatic N) is 1. The largest absolute Gasteiger partial charge is 0.342 e. The Kier molecular flexibility index (Phi) is 5.25. The molecular formula is C8H17ClN2O. The molecule has 1 fully saturated rings. The van der Waals surface area contributed by atoms with Crippen molar-refractivity contribution in [1.82, 2.24) is 4.90 Å². The Morgan fingerprint density at radius 1 is 1.50 bits per heavy atom. The van der Waals surface area contributed by atoms with Crippen LogP contribution in [0, 0.1) is 0 Å². The summed E-state index contributed by atoms with van der Waals surface area (Å²) in [6.07, 6.45) is 4.82. The smallest absolute Gasteiger partial charge is 0.236 e. The van der Waals surface area contributed by atoms with Gasteiger partial charge in [-0.2, -0.15) is 0 Å². The molecule has 1 saturated carbocycles. The highest BCUT2D eigenvalue weighted by Gasteiger charge is 2.21. The maximum atomic E-state index is 11.1. The molecule has 1 aliphatic rings. The number of carbonyl (C=O) groups excluding carboxylic acids is 1. The van der Waals surface area contributed by atoms with E-state index in [0.717, 1.165) is 12.8 Å². The monoisotopic (exact) mass is 192 g/mol. The highest BCUT2D eigenvalue weighted by Crippen LogP contribution is 2.21. The minimum Gasteiger partial charge on any atom is -0.342 e. The lowest BCUT2D eigenvalue weighted by atomic mass is 10.2. The van der Waals surface area contributed by atoms with Crippen LogP contribution in [0.2, 0.25) is 0 Å². The third-order valence-corrected chi connectivity index (χ3v) is 2.44. The minimum absolute atomic E-state index is 0. The van der Waals surface area contributed by atoms with Gasteiger partial charge in [-0.05, 0) is 12.8 Å². The standard InChI is InChI=1S/C8H16N2O.ClH/c1-10(8(11)6-9)7-4-2-3-5-7;/h7H,2-6,9H2,1H3;1H. The Bertz CT molecular complexity index is 146. The van der Waals surface area contributed by atoms with Gasteiger partial charge in [0.05, 0.1) is 6.54 Å². The molecule has 0 bridgehead atoms. The molecule has 4 heteroatoms. The molecular weight excluding hydrogens is 176 g/mol. The minimum atomic E-state index is 0. The number of carbonyl (C=O) groups is 1. The van der Waals surface area contributed by atoms with Gasteiger partial charge in [-0.3, -0.25) is 4.79 Å². The third kappa shape index (κ3) is 2.64. The van der Waals surface area contributed by atoms with Crippen molar-refractivity contribution in [3.05, 3.63) is 0 Å². The number of halogens is 1. The lowest BCUT2D eigenvalue weighted by Gasteiger charge is -2.23. The Morgan fingerprint density at radius 2 is 2.00 bits per heavy atom. The lowest BCUT2D eigenvalue weighted by molar-refractivity contribution is -0.130. The van der Waals surface area contributed by atoms with Crippen LogP contribution >= 0.6 is 12.4 Å². The van der Waals surface area contributed by atoms with Crippen LogP contribution in [0.4, 0.5) is 0 Å². The van der Waals surface area contributed by atoms with Crippen molar-refractivity contribution in [3.8, 4) is 0 Å². The summed E-state index contributed by atoms with van der Waals surface area (Å²) < 4.78 is 0. The van der Waals surface area contributed by atoms with E-state index in [1.165, 1.54) is 12.8 Å². The van der Waals surface area contributed by atoms with Crippen molar-refractivity contribution in [3.63, 3.8) is 0 Å². The fourth-order valence-corrected chi connectivity index (χ4v) is 1.64. The molecule has 0 spiro atoms. The fraction of sp³-hybridized carbons (Fsp3) is 0.875. The first-order valence-electron chi connectivity index (χ1n) is 4.21. The van der Waals surface area contributed by atoms with Crippen molar-refractivity contribution in [1.29, 1.82) is 0 Å². The summed E-state index contributed by atoms with van der Waals surface area (Å²) in [7, 11) is 1.85. The van der Waals surface area contributed by atoms with Gasteiger partial charge in [-0.25, -0.2) is 0 Å². The predicted molar refractivity (Wildman–Crippen MR) is 51.3 cm³/mol. The summed E-state index contributed by atoms with van der Waals surface area (Å²) >= 11 is 0. The molecule has 1 rings (SSSR count). The van der Waals surface area contributed by atoms with Crippen molar-refractivity contribution in [2.75, 3.05) is 13.6 Å². The molecule has 1 aliphatic carbocycles. The first kappa shape index (κ1) is 11.7. The van der Waals surface area contributed by atoms with E-state index in [2.05, 4.69) is 0 Å². The highest BCUT2D eigenvalue weighted by molar-refractivity contribution is 5.85. The SMILES string of the molecule is CN(C(=O)CN)C1CCCC1.Cl. The number of hydrogen-bond acceptors (Lipinski definition) is 2. The zero-order valence-corrected chi connectivity index (χ0v) is 8.27. The summed E-state index contributed by atoms with van der Waals surface area (Å²) in [4.78, 5) is 12.9. The summed E-state index contributed by atoms with van der Waals surface area (Å²) in [6, 6.07) is 0.464. The molecule has 0 heterocycles. The summed E-state index contributed by atoms with van der Waals surface area (Å²) in [5, 5.41) is 0. The van der Waals surface area contributed by atoms with Crippen molar-refractivity contribution >= 4 is 18.3 Å². The lowest BCUT2D eigenvalue weighted by Crippen LogP contribution is -2.39. The molecule has 12 heavy (non-hydrogen) atoms. The number of amides is 1. The van der Waals surface area contributed by atoms with Gasteiger partial charge in [0.1, 0.15) is 0 Å². The van der Waals surface area contributed by atoms with Gasteiger partial charge < -0.3 is 10.6 Å². The van der Waals surface area contributed by atoms with Gasteiger partial charge in [0.2, 0.25) is 5.91 Å². The Morgan fingerprint density at radius 3 is 2.42 bits per heavy atom. The first-order chi connectivity index (χ1) is 5.25. The van der Waals surface area contributed by atoms with Gasteiger partial charge in [0.15, 0.2) is 0 Å². The Balaban J connectivity index is 0.00000121. The van der Waals surface area contributed by atoms with Crippen LogP contribution in [0.25, 0.3) is 0 Å². The molecule has 2 N–H and O–H groups in total. The molecule has 1 amide bonds. The molecule has 3 nitrogen and oxygen atoms in total. The molecule has 0 saturated heterocycles. The predicted octanol–water partition coefficient (Wildman–Crippen LogP) is 0.768. The third-order valence-electron chi connectivity index (χ3n) is 2.44. The van der Waals surface area contributed by atoms with Crippen LogP contribution in [0.1, 0.15) is 25.7 Å². The molecule has 0 aliphatic heterocycles. The van der Waals surface area contributed by atoms with Gasteiger partial charge in [0, 0.05) is 13.1 Å². The number of hydrogen-bond donors (Lipinski definition) is 1. The summed E-state index contributed by atoms with van der Waals surface area (Å²) in [6.45, 7) is 0.146. The molecule has 0 radical (unpaired) electrons. The first-order valence-corrected chi connectivity index (χ1v) is 4.21. The van der Waals surface area contributed by atoms with E-state index in [1.54, 1.807) is 4.90 Å². The average molecular weight is 193 g/mol. The highest BCUT2D eigenvalue weighted by atomic mass is 35.5. The van der Waals surface area contributed by atoms with Crippen LogP contribution in [-0.4, -0.2) is 30.4 Å².